The summed E-state index contributed by atoms with van der Waals surface area (Å²) in [6.07, 6.45) is 4.12. The van der Waals surface area contributed by atoms with E-state index in [9.17, 15) is 0 Å². The smallest absolute Gasteiger partial charge is 0.166 e. The zero-order valence-corrected chi connectivity index (χ0v) is 6.12. The van der Waals surface area contributed by atoms with Gasteiger partial charge >= 0.3 is 0 Å². The van der Waals surface area contributed by atoms with Gasteiger partial charge < -0.3 is 11.5 Å². The van der Waals surface area contributed by atoms with Crippen molar-refractivity contribution in [2.45, 2.75) is 18.8 Å². The minimum absolute atomic E-state index is 0.328. The summed E-state index contributed by atoms with van der Waals surface area (Å²) in [6, 6.07) is 0. The Morgan fingerprint density at radius 1 is 1.27 bits per heavy atom. The second-order valence-electron chi connectivity index (χ2n) is 2.84. The van der Waals surface area contributed by atoms with Gasteiger partial charge in [0.25, 0.3) is 0 Å². The summed E-state index contributed by atoms with van der Waals surface area (Å²) in [5.41, 5.74) is 11.9. The third-order valence-electron chi connectivity index (χ3n) is 1.84. The summed E-state index contributed by atoms with van der Waals surface area (Å²) >= 11 is 0. The molecule has 0 atom stereocenters. The summed E-state index contributed by atoms with van der Waals surface area (Å²) in [5, 5.41) is 0. The molecule has 1 aliphatic rings. The van der Waals surface area contributed by atoms with Crippen LogP contribution in [0.2, 0.25) is 0 Å². The molecule has 0 aliphatic heterocycles. The van der Waals surface area contributed by atoms with Gasteiger partial charge in [0, 0.05) is 5.92 Å². The molecule has 1 aliphatic carbocycles. The first-order valence-electron chi connectivity index (χ1n) is 3.65. The van der Waals surface area contributed by atoms with Gasteiger partial charge in [-0.1, -0.05) is 0 Å². The highest BCUT2D eigenvalue weighted by Crippen LogP contribution is 2.39. The first-order valence-corrected chi connectivity index (χ1v) is 3.65. The Bertz CT molecular complexity index is 280. The third kappa shape index (κ3) is 1.11. The van der Waals surface area contributed by atoms with E-state index in [1.54, 1.807) is 6.20 Å². The zero-order chi connectivity index (χ0) is 7.84. The molecular formula is C7H10N4. The van der Waals surface area contributed by atoms with Crippen LogP contribution in [0, 0.1) is 0 Å². The van der Waals surface area contributed by atoms with Crippen molar-refractivity contribution in [2.75, 3.05) is 11.5 Å². The van der Waals surface area contributed by atoms with Crippen molar-refractivity contribution in [1.29, 1.82) is 0 Å². The van der Waals surface area contributed by atoms with E-state index < -0.39 is 0 Å². The van der Waals surface area contributed by atoms with Crippen molar-refractivity contribution in [2.24, 2.45) is 0 Å². The van der Waals surface area contributed by atoms with Crippen LogP contribution in [-0.4, -0.2) is 9.97 Å². The number of hydrogen-bond donors (Lipinski definition) is 2. The van der Waals surface area contributed by atoms with Crippen LogP contribution in [-0.2, 0) is 0 Å². The lowest BCUT2D eigenvalue weighted by Crippen LogP contribution is -2.02. The number of nitrogen functional groups attached to an aromatic ring is 2. The minimum Gasteiger partial charge on any atom is -0.381 e. The Labute approximate surface area is 64.6 Å². The number of hydrogen-bond acceptors (Lipinski definition) is 4. The van der Waals surface area contributed by atoms with Crippen LogP contribution in [0.4, 0.5) is 11.6 Å². The second kappa shape index (κ2) is 2.08. The number of nitrogens with zero attached hydrogens (tertiary/aromatic N) is 2. The molecular weight excluding hydrogens is 140 g/mol. The average molecular weight is 150 g/mol. The highest BCUT2D eigenvalue weighted by atomic mass is 15.0. The van der Waals surface area contributed by atoms with E-state index in [1.165, 1.54) is 12.8 Å². The number of aromatic nitrogens is 2. The third-order valence-corrected chi connectivity index (χ3v) is 1.84. The maximum Gasteiger partial charge on any atom is 0.166 e. The molecule has 1 aromatic heterocycles. The standard InChI is InChI=1S/C7H10N4/c8-6-7(9)11-5(3-10-6)4-1-2-4/h3-4H,1-2H2,(H2,8,10)(H2,9,11). The van der Waals surface area contributed by atoms with Crippen molar-refractivity contribution < 1.29 is 0 Å². The molecule has 11 heavy (non-hydrogen) atoms. The largest absolute Gasteiger partial charge is 0.381 e. The van der Waals surface area contributed by atoms with Gasteiger partial charge in [0.15, 0.2) is 11.6 Å². The summed E-state index contributed by atoms with van der Waals surface area (Å²) < 4.78 is 0. The lowest BCUT2D eigenvalue weighted by molar-refractivity contribution is 0.999. The molecule has 1 heterocycles. The molecule has 1 saturated carbocycles. The molecule has 58 valence electrons. The molecule has 0 spiro atoms. The quantitative estimate of drug-likeness (QED) is 0.611. The van der Waals surface area contributed by atoms with Crippen molar-refractivity contribution in [3.63, 3.8) is 0 Å². The highest BCUT2D eigenvalue weighted by molar-refractivity contribution is 5.51. The maximum absolute atomic E-state index is 5.49. The van der Waals surface area contributed by atoms with Gasteiger partial charge in [0.1, 0.15) is 0 Å². The van der Waals surface area contributed by atoms with E-state index in [0.29, 0.717) is 17.6 Å². The zero-order valence-electron chi connectivity index (χ0n) is 6.12. The van der Waals surface area contributed by atoms with E-state index in [0.717, 1.165) is 5.69 Å². The molecule has 0 saturated heterocycles. The van der Waals surface area contributed by atoms with Crippen molar-refractivity contribution >= 4 is 11.6 Å². The lowest BCUT2D eigenvalue weighted by atomic mass is 10.3. The molecule has 0 radical (unpaired) electrons. The van der Waals surface area contributed by atoms with Gasteiger partial charge in [-0.25, -0.2) is 9.97 Å². The van der Waals surface area contributed by atoms with Crippen LogP contribution >= 0.6 is 0 Å². The van der Waals surface area contributed by atoms with Gasteiger partial charge in [-0.05, 0) is 12.8 Å². The van der Waals surface area contributed by atoms with Crippen molar-refractivity contribution in [3.05, 3.63) is 11.9 Å². The first kappa shape index (κ1) is 6.39. The van der Waals surface area contributed by atoms with Gasteiger partial charge in [-0.3, -0.25) is 0 Å². The fourth-order valence-corrected chi connectivity index (χ4v) is 1.00. The summed E-state index contributed by atoms with van der Waals surface area (Å²) in [6.45, 7) is 0. The first-order chi connectivity index (χ1) is 5.27. The monoisotopic (exact) mass is 150 g/mol. The summed E-state index contributed by atoms with van der Waals surface area (Å²) in [4.78, 5) is 8.06. The SMILES string of the molecule is Nc1ncc(C2CC2)nc1N. The van der Waals surface area contributed by atoms with Crippen molar-refractivity contribution in [1.82, 2.24) is 9.97 Å². The van der Waals surface area contributed by atoms with Crippen LogP contribution in [0.5, 0.6) is 0 Å². The Morgan fingerprint density at radius 2 is 2.00 bits per heavy atom. The number of nitrogens with two attached hydrogens (primary N) is 2. The van der Waals surface area contributed by atoms with Gasteiger partial charge in [-0.2, -0.15) is 0 Å². The fourth-order valence-electron chi connectivity index (χ4n) is 1.00. The van der Waals surface area contributed by atoms with E-state index in [4.69, 9.17) is 11.5 Å². The van der Waals surface area contributed by atoms with Gasteiger partial charge in [0.2, 0.25) is 0 Å². The molecule has 1 fully saturated rings. The topological polar surface area (TPSA) is 77.8 Å². The Morgan fingerprint density at radius 3 is 2.55 bits per heavy atom. The van der Waals surface area contributed by atoms with Crippen molar-refractivity contribution in [3.8, 4) is 0 Å². The molecule has 1 aromatic rings. The van der Waals surface area contributed by atoms with E-state index in [1.807, 2.05) is 0 Å². The lowest BCUT2D eigenvalue weighted by Gasteiger charge is -1.99. The normalized spacial score (nSPS) is 16.7. The number of rotatable bonds is 1. The predicted molar refractivity (Wildman–Crippen MR) is 42.8 cm³/mol. The second-order valence-corrected chi connectivity index (χ2v) is 2.84. The summed E-state index contributed by atoms with van der Waals surface area (Å²) in [5.74, 6) is 1.27. The highest BCUT2D eigenvalue weighted by Gasteiger charge is 2.25. The minimum atomic E-state index is 0.328. The van der Waals surface area contributed by atoms with Crippen LogP contribution < -0.4 is 11.5 Å². The molecule has 4 heteroatoms. The molecule has 0 amide bonds. The Balaban J connectivity index is 2.36. The molecule has 0 aromatic carbocycles. The van der Waals surface area contributed by atoms with Crippen LogP contribution in [0.15, 0.2) is 6.20 Å². The molecule has 4 nitrogen and oxygen atoms in total. The average Bonchev–Trinajstić information content (AvgIpc) is 2.77. The maximum atomic E-state index is 5.49. The Hall–Kier alpha value is -1.32. The van der Waals surface area contributed by atoms with Gasteiger partial charge in [-0.15, -0.1) is 0 Å². The van der Waals surface area contributed by atoms with Crippen LogP contribution in [0.25, 0.3) is 0 Å². The number of anilines is 2. The van der Waals surface area contributed by atoms with E-state index in [-0.39, 0.29) is 0 Å². The van der Waals surface area contributed by atoms with E-state index in [2.05, 4.69) is 9.97 Å². The molecule has 4 N–H and O–H groups in total. The van der Waals surface area contributed by atoms with Gasteiger partial charge in [0.05, 0.1) is 11.9 Å². The molecule has 2 rings (SSSR count). The van der Waals surface area contributed by atoms with E-state index >= 15 is 0 Å². The molecule has 0 unspecified atom stereocenters. The Kier molecular flexibility index (Phi) is 1.21. The predicted octanol–water partition coefficient (Wildman–Crippen LogP) is 0.518. The fraction of sp³-hybridized carbons (Fsp3) is 0.429. The molecule has 0 bridgehead atoms. The summed E-state index contributed by atoms with van der Waals surface area (Å²) in [7, 11) is 0. The van der Waals surface area contributed by atoms with Crippen LogP contribution in [0.1, 0.15) is 24.5 Å². The van der Waals surface area contributed by atoms with Crippen LogP contribution in [0.3, 0.4) is 0 Å².